The zero-order valence-electron chi connectivity index (χ0n) is 9.01. The van der Waals surface area contributed by atoms with Crippen LogP contribution in [0.4, 0.5) is 5.69 Å². The van der Waals surface area contributed by atoms with Gasteiger partial charge in [-0.25, -0.2) is 10.9 Å². The molecular weight excluding hydrogens is 327 g/mol. The molecule has 1 amide bonds. The van der Waals surface area contributed by atoms with Gasteiger partial charge in [0.1, 0.15) is 0 Å². The van der Waals surface area contributed by atoms with E-state index in [0.29, 0.717) is 11.3 Å². The Labute approximate surface area is 113 Å². The number of benzene rings is 2. The number of nitrogens with zero attached hydrogens (tertiary/aromatic N) is 1. The van der Waals surface area contributed by atoms with E-state index in [4.69, 9.17) is 5.84 Å². The minimum absolute atomic E-state index is 0.213. The standard InChI is InChI=1S/C13H11IN2O/c14-11-6-4-5-10(9-11)13(17)16(15)12-7-2-1-3-8-12/h1-9H,15H2. The van der Waals surface area contributed by atoms with Gasteiger partial charge in [0, 0.05) is 9.13 Å². The third-order valence-corrected chi connectivity index (χ3v) is 3.00. The molecule has 0 aromatic heterocycles. The first-order valence-corrected chi connectivity index (χ1v) is 6.16. The van der Waals surface area contributed by atoms with Crippen LogP contribution in [0.3, 0.4) is 0 Å². The number of para-hydroxylation sites is 1. The van der Waals surface area contributed by atoms with Crippen molar-refractivity contribution in [2.75, 3.05) is 5.01 Å². The predicted octanol–water partition coefficient (Wildman–Crippen LogP) is 2.81. The third-order valence-electron chi connectivity index (χ3n) is 2.32. The van der Waals surface area contributed by atoms with E-state index in [0.717, 1.165) is 8.58 Å². The molecule has 4 heteroatoms. The van der Waals surface area contributed by atoms with Crippen molar-refractivity contribution in [3.05, 3.63) is 63.7 Å². The number of halogens is 1. The summed E-state index contributed by atoms with van der Waals surface area (Å²) < 4.78 is 1.01. The maximum absolute atomic E-state index is 12.1. The van der Waals surface area contributed by atoms with Crippen molar-refractivity contribution in [3.8, 4) is 0 Å². The zero-order chi connectivity index (χ0) is 12.3. The van der Waals surface area contributed by atoms with Gasteiger partial charge in [0.2, 0.25) is 0 Å². The molecule has 0 saturated carbocycles. The summed E-state index contributed by atoms with van der Waals surface area (Å²) in [6, 6.07) is 16.5. The summed E-state index contributed by atoms with van der Waals surface area (Å²) in [5, 5.41) is 1.16. The van der Waals surface area contributed by atoms with Crippen LogP contribution in [0.1, 0.15) is 10.4 Å². The Morgan fingerprint density at radius 2 is 1.76 bits per heavy atom. The van der Waals surface area contributed by atoms with Gasteiger partial charge in [-0.1, -0.05) is 24.3 Å². The normalized spacial score (nSPS) is 10.0. The Hall–Kier alpha value is -1.40. The molecule has 3 nitrogen and oxygen atoms in total. The summed E-state index contributed by atoms with van der Waals surface area (Å²) in [5.41, 5.74) is 1.26. The monoisotopic (exact) mass is 338 g/mol. The van der Waals surface area contributed by atoms with E-state index in [2.05, 4.69) is 22.6 Å². The number of nitrogens with two attached hydrogens (primary N) is 1. The van der Waals surface area contributed by atoms with Gasteiger partial charge < -0.3 is 0 Å². The van der Waals surface area contributed by atoms with Gasteiger partial charge in [-0.15, -0.1) is 0 Å². The first-order chi connectivity index (χ1) is 8.18. The quantitative estimate of drug-likeness (QED) is 0.396. The lowest BCUT2D eigenvalue weighted by Crippen LogP contribution is -2.37. The highest BCUT2D eigenvalue weighted by atomic mass is 127. The minimum Gasteiger partial charge on any atom is -0.267 e. The largest absolute Gasteiger partial charge is 0.272 e. The predicted molar refractivity (Wildman–Crippen MR) is 76.6 cm³/mol. The van der Waals surface area contributed by atoms with E-state index in [-0.39, 0.29) is 5.91 Å². The maximum atomic E-state index is 12.1. The Morgan fingerprint density at radius 1 is 1.06 bits per heavy atom. The molecule has 2 rings (SSSR count). The molecule has 2 aromatic rings. The molecule has 86 valence electrons. The van der Waals surface area contributed by atoms with Crippen molar-refractivity contribution in [1.29, 1.82) is 0 Å². The summed E-state index contributed by atoms with van der Waals surface area (Å²) in [6.07, 6.45) is 0. The van der Waals surface area contributed by atoms with E-state index < -0.39 is 0 Å². The maximum Gasteiger partial charge on any atom is 0.272 e. The van der Waals surface area contributed by atoms with Crippen molar-refractivity contribution in [3.63, 3.8) is 0 Å². The fourth-order valence-electron chi connectivity index (χ4n) is 1.47. The van der Waals surface area contributed by atoms with Crippen molar-refractivity contribution in [1.82, 2.24) is 0 Å². The Kier molecular flexibility index (Phi) is 3.75. The van der Waals surface area contributed by atoms with Gasteiger partial charge in [0.05, 0.1) is 5.69 Å². The van der Waals surface area contributed by atoms with Crippen LogP contribution in [0.15, 0.2) is 54.6 Å². The fourth-order valence-corrected chi connectivity index (χ4v) is 2.01. The molecule has 2 aromatic carbocycles. The number of carbonyl (C=O) groups excluding carboxylic acids is 1. The van der Waals surface area contributed by atoms with E-state index in [1.54, 1.807) is 18.2 Å². The highest BCUT2D eigenvalue weighted by Gasteiger charge is 2.13. The Bertz CT molecular complexity index is 528. The molecule has 0 bridgehead atoms. The van der Waals surface area contributed by atoms with Gasteiger partial charge in [-0.05, 0) is 52.9 Å². The van der Waals surface area contributed by atoms with Crippen LogP contribution in [0.25, 0.3) is 0 Å². The zero-order valence-corrected chi connectivity index (χ0v) is 11.2. The van der Waals surface area contributed by atoms with Crippen LogP contribution in [-0.2, 0) is 0 Å². The Morgan fingerprint density at radius 3 is 2.41 bits per heavy atom. The van der Waals surface area contributed by atoms with Gasteiger partial charge in [-0.3, -0.25) is 4.79 Å². The number of hydrogen-bond donors (Lipinski definition) is 1. The molecule has 2 N–H and O–H groups in total. The van der Waals surface area contributed by atoms with E-state index >= 15 is 0 Å². The molecule has 0 saturated heterocycles. The van der Waals surface area contributed by atoms with Crippen LogP contribution in [-0.4, -0.2) is 5.91 Å². The molecule has 0 aliphatic carbocycles. The molecular formula is C13H11IN2O. The number of rotatable bonds is 2. The lowest BCUT2D eigenvalue weighted by Gasteiger charge is -2.16. The first-order valence-electron chi connectivity index (χ1n) is 5.08. The minimum atomic E-state index is -0.213. The summed E-state index contributed by atoms with van der Waals surface area (Å²) in [7, 11) is 0. The lowest BCUT2D eigenvalue weighted by atomic mass is 10.2. The molecule has 0 spiro atoms. The fraction of sp³-hybridized carbons (Fsp3) is 0. The van der Waals surface area contributed by atoms with Crippen LogP contribution in [0.2, 0.25) is 0 Å². The summed E-state index contributed by atoms with van der Waals surface area (Å²) in [6.45, 7) is 0. The number of amides is 1. The van der Waals surface area contributed by atoms with Gasteiger partial charge in [0.25, 0.3) is 5.91 Å². The second-order valence-electron chi connectivity index (χ2n) is 3.52. The van der Waals surface area contributed by atoms with Crippen LogP contribution in [0, 0.1) is 3.57 Å². The second kappa shape index (κ2) is 5.29. The number of hydrazine groups is 1. The summed E-state index contributed by atoms with van der Waals surface area (Å²) in [4.78, 5) is 12.1. The number of anilines is 1. The topological polar surface area (TPSA) is 46.3 Å². The molecule has 0 fully saturated rings. The molecule has 0 atom stereocenters. The molecule has 17 heavy (non-hydrogen) atoms. The van der Waals surface area contributed by atoms with E-state index in [9.17, 15) is 4.79 Å². The highest BCUT2D eigenvalue weighted by Crippen LogP contribution is 2.14. The van der Waals surface area contributed by atoms with Crippen LogP contribution < -0.4 is 10.9 Å². The molecule has 0 radical (unpaired) electrons. The van der Waals surface area contributed by atoms with Crippen molar-refractivity contribution in [2.24, 2.45) is 5.84 Å². The average molecular weight is 338 g/mol. The lowest BCUT2D eigenvalue weighted by molar-refractivity contribution is 0.0987. The second-order valence-corrected chi connectivity index (χ2v) is 4.77. The smallest absolute Gasteiger partial charge is 0.267 e. The summed E-state index contributed by atoms with van der Waals surface area (Å²) in [5.74, 6) is 5.59. The molecule has 0 aliphatic heterocycles. The van der Waals surface area contributed by atoms with Crippen molar-refractivity contribution >= 4 is 34.2 Å². The van der Waals surface area contributed by atoms with Crippen LogP contribution >= 0.6 is 22.6 Å². The average Bonchev–Trinajstić information content (AvgIpc) is 2.38. The highest BCUT2D eigenvalue weighted by molar-refractivity contribution is 14.1. The molecule has 0 heterocycles. The third kappa shape index (κ3) is 2.83. The van der Waals surface area contributed by atoms with E-state index in [1.165, 1.54) is 0 Å². The van der Waals surface area contributed by atoms with Gasteiger partial charge in [-0.2, -0.15) is 0 Å². The van der Waals surface area contributed by atoms with Crippen molar-refractivity contribution < 1.29 is 4.79 Å². The molecule has 0 aliphatic rings. The number of hydrogen-bond acceptors (Lipinski definition) is 2. The summed E-state index contributed by atoms with van der Waals surface area (Å²) >= 11 is 2.17. The first kappa shape index (κ1) is 12.1. The Balaban J connectivity index is 2.27. The number of carbonyl (C=O) groups is 1. The van der Waals surface area contributed by atoms with Crippen molar-refractivity contribution in [2.45, 2.75) is 0 Å². The van der Waals surface area contributed by atoms with Crippen LogP contribution in [0.5, 0.6) is 0 Å². The van der Waals surface area contributed by atoms with E-state index in [1.807, 2.05) is 36.4 Å². The van der Waals surface area contributed by atoms with Gasteiger partial charge >= 0.3 is 0 Å². The molecule has 0 unspecified atom stereocenters. The van der Waals surface area contributed by atoms with Gasteiger partial charge in [0.15, 0.2) is 0 Å². The SMILES string of the molecule is NN(C(=O)c1cccc(I)c1)c1ccccc1.